The Morgan fingerprint density at radius 3 is 2.61 bits per heavy atom. The van der Waals surface area contributed by atoms with Gasteiger partial charge in [-0.05, 0) is 60.9 Å². The summed E-state index contributed by atoms with van der Waals surface area (Å²) in [6.45, 7) is 1.71. The fourth-order valence-corrected chi connectivity index (χ4v) is 2.46. The van der Waals surface area contributed by atoms with Crippen LogP contribution in [0.4, 0.5) is 24.7 Å². The summed E-state index contributed by atoms with van der Waals surface area (Å²) in [5.74, 6) is 0.421. The fourth-order valence-electron chi connectivity index (χ4n) is 2.46. The van der Waals surface area contributed by atoms with Crippen molar-refractivity contribution in [1.82, 2.24) is 4.98 Å². The van der Waals surface area contributed by atoms with Gasteiger partial charge in [-0.15, -0.1) is 13.2 Å². The largest absolute Gasteiger partial charge is 0.573 e. The molecule has 0 bridgehead atoms. The predicted molar refractivity (Wildman–Crippen MR) is 82.8 cm³/mol. The number of halogens is 3. The lowest BCUT2D eigenvalue weighted by molar-refractivity contribution is -0.274. The maximum atomic E-state index is 12.2. The highest BCUT2D eigenvalue weighted by Gasteiger charge is 2.31. The number of hydrogen-bond donors (Lipinski definition) is 1. The van der Waals surface area contributed by atoms with Gasteiger partial charge in [0.15, 0.2) is 0 Å². The van der Waals surface area contributed by atoms with Crippen LogP contribution in [0.15, 0.2) is 30.3 Å². The number of pyridine rings is 1. The third kappa shape index (κ3) is 3.83. The zero-order valence-electron chi connectivity index (χ0n) is 12.4. The van der Waals surface area contributed by atoms with Crippen LogP contribution in [-0.2, 0) is 0 Å². The van der Waals surface area contributed by atoms with Crippen molar-refractivity contribution in [2.45, 2.75) is 26.1 Å². The number of ether oxygens (including phenoxy) is 1. The molecule has 3 rings (SSSR count). The van der Waals surface area contributed by atoms with Gasteiger partial charge in [0, 0.05) is 5.69 Å². The quantitative estimate of drug-likeness (QED) is 0.941. The van der Waals surface area contributed by atoms with Crippen LogP contribution in [0.1, 0.15) is 18.4 Å². The molecule has 3 nitrogen and oxygen atoms in total. The van der Waals surface area contributed by atoms with Gasteiger partial charge in [0.05, 0.1) is 5.35 Å². The van der Waals surface area contributed by atoms with Crippen LogP contribution in [0.25, 0.3) is 12.2 Å². The Kier molecular flexibility index (Phi) is 3.98. The summed E-state index contributed by atoms with van der Waals surface area (Å²) in [4.78, 5) is 4.52. The molecule has 0 saturated heterocycles. The lowest BCUT2D eigenvalue weighted by Crippen LogP contribution is -2.30. The molecule has 1 heterocycles. The Hall–Kier alpha value is -2.50. The number of fused-ring (bicyclic) bond motifs is 1. The van der Waals surface area contributed by atoms with Crippen LogP contribution in [0, 0.1) is 6.92 Å². The van der Waals surface area contributed by atoms with E-state index in [2.05, 4.69) is 27.2 Å². The van der Waals surface area contributed by atoms with Gasteiger partial charge in [0.25, 0.3) is 0 Å². The van der Waals surface area contributed by atoms with Gasteiger partial charge in [0.2, 0.25) is 0 Å². The predicted octanol–water partition coefficient (Wildman–Crippen LogP) is 3.39. The van der Waals surface area contributed by atoms with Crippen LogP contribution in [0.3, 0.4) is 0 Å². The number of alkyl halides is 3. The molecule has 0 radical (unpaired) electrons. The third-order valence-corrected chi connectivity index (χ3v) is 3.52. The maximum Gasteiger partial charge on any atom is 0.573 e. The Balaban J connectivity index is 1.83. The molecular formula is C17H15F3N2O. The van der Waals surface area contributed by atoms with Gasteiger partial charge in [-0.25, -0.2) is 4.98 Å². The zero-order valence-corrected chi connectivity index (χ0v) is 12.4. The van der Waals surface area contributed by atoms with Gasteiger partial charge in [0.1, 0.15) is 11.6 Å². The van der Waals surface area contributed by atoms with Gasteiger partial charge in [-0.1, -0.05) is 12.2 Å². The number of benzene rings is 1. The van der Waals surface area contributed by atoms with Crippen molar-refractivity contribution in [3.63, 3.8) is 0 Å². The molecule has 0 fully saturated rings. The second kappa shape index (κ2) is 5.95. The van der Waals surface area contributed by atoms with E-state index in [1.807, 2.05) is 12.1 Å². The van der Waals surface area contributed by atoms with Crippen molar-refractivity contribution in [2.75, 3.05) is 5.32 Å². The van der Waals surface area contributed by atoms with E-state index in [1.54, 1.807) is 13.0 Å². The molecule has 1 aliphatic rings. The summed E-state index contributed by atoms with van der Waals surface area (Å²) >= 11 is 0. The smallest absolute Gasteiger partial charge is 0.406 e. The zero-order chi connectivity index (χ0) is 16.4. The maximum absolute atomic E-state index is 12.2. The number of rotatable bonds is 3. The molecule has 1 aromatic carbocycles. The molecule has 120 valence electrons. The summed E-state index contributed by atoms with van der Waals surface area (Å²) in [5, 5.41) is 5.16. The van der Waals surface area contributed by atoms with E-state index >= 15 is 0 Å². The van der Waals surface area contributed by atoms with Crippen molar-refractivity contribution in [2.24, 2.45) is 0 Å². The number of aryl methyl sites for hydroxylation is 1. The highest BCUT2D eigenvalue weighted by Crippen LogP contribution is 2.27. The van der Waals surface area contributed by atoms with Gasteiger partial charge in [-0.2, -0.15) is 0 Å². The first-order valence-corrected chi connectivity index (χ1v) is 7.21. The van der Waals surface area contributed by atoms with E-state index in [9.17, 15) is 13.2 Å². The van der Waals surface area contributed by atoms with Crippen LogP contribution in [-0.4, -0.2) is 11.3 Å². The molecule has 23 heavy (non-hydrogen) atoms. The van der Waals surface area contributed by atoms with E-state index in [4.69, 9.17) is 0 Å². The number of nitrogens with zero attached hydrogens (tertiary/aromatic N) is 1. The SMILES string of the molecule is Cc1cc(OC(F)(F)F)ccc1Nc1ccc2c(n1)=CCCC=2. The van der Waals surface area contributed by atoms with Crippen molar-refractivity contribution >= 4 is 23.7 Å². The molecule has 0 atom stereocenters. The first kappa shape index (κ1) is 15.4. The molecule has 1 aliphatic carbocycles. The molecule has 0 spiro atoms. The van der Waals surface area contributed by atoms with E-state index < -0.39 is 6.36 Å². The Morgan fingerprint density at radius 2 is 1.87 bits per heavy atom. The molecule has 0 amide bonds. The number of nitrogens with one attached hydrogen (secondary N) is 1. The molecule has 0 unspecified atom stereocenters. The lowest BCUT2D eigenvalue weighted by atomic mass is 10.1. The average Bonchev–Trinajstić information content (AvgIpc) is 2.48. The minimum atomic E-state index is -4.69. The number of anilines is 2. The normalized spacial score (nSPS) is 13.6. The van der Waals surface area contributed by atoms with Crippen molar-refractivity contribution in [3.05, 3.63) is 46.5 Å². The summed E-state index contributed by atoms with van der Waals surface area (Å²) < 4.78 is 40.6. The molecule has 1 aromatic heterocycles. The second-order valence-electron chi connectivity index (χ2n) is 5.31. The summed E-state index contributed by atoms with van der Waals surface area (Å²) in [5.41, 5.74) is 1.33. The Morgan fingerprint density at radius 1 is 1.09 bits per heavy atom. The fraction of sp³-hybridized carbons (Fsp3) is 0.235. The van der Waals surface area contributed by atoms with Crippen LogP contribution in [0.5, 0.6) is 5.75 Å². The summed E-state index contributed by atoms with van der Waals surface area (Å²) in [6, 6.07) is 8.01. The minimum Gasteiger partial charge on any atom is -0.406 e. The number of hydrogen-bond acceptors (Lipinski definition) is 3. The highest BCUT2D eigenvalue weighted by atomic mass is 19.4. The summed E-state index contributed by atoms with van der Waals surface area (Å²) in [7, 11) is 0. The molecule has 1 N–H and O–H groups in total. The van der Waals surface area contributed by atoms with Crippen LogP contribution < -0.4 is 20.6 Å². The third-order valence-electron chi connectivity index (χ3n) is 3.52. The average molecular weight is 320 g/mol. The van der Waals surface area contributed by atoms with E-state index in [1.165, 1.54) is 12.1 Å². The molecule has 6 heteroatoms. The van der Waals surface area contributed by atoms with Crippen molar-refractivity contribution in [3.8, 4) is 5.75 Å². The van der Waals surface area contributed by atoms with Gasteiger partial charge >= 0.3 is 6.36 Å². The summed E-state index contributed by atoms with van der Waals surface area (Å²) in [6.07, 6.45) is 1.51. The Bertz CT molecular complexity index is 844. The number of aromatic nitrogens is 1. The minimum absolute atomic E-state index is 0.234. The first-order valence-electron chi connectivity index (χ1n) is 7.21. The first-order chi connectivity index (χ1) is 10.9. The molecular weight excluding hydrogens is 305 g/mol. The lowest BCUT2D eigenvalue weighted by Gasteiger charge is -2.13. The monoisotopic (exact) mass is 320 g/mol. The standard InChI is InChI=1S/C17H15F3N2O/c1-11-10-13(23-17(18,19)20)7-8-14(11)21-16-9-6-12-4-2-3-5-15(12)22-16/h4-10H,2-3H2,1H3,(H,21,22). The van der Waals surface area contributed by atoms with E-state index in [0.29, 0.717) is 17.1 Å². The molecule has 0 aliphatic heterocycles. The topological polar surface area (TPSA) is 34.1 Å². The van der Waals surface area contributed by atoms with Crippen molar-refractivity contribution < 1.29 is 17.9 Å². The molecule has 0 saturated carbocycles. The van der Waals surface area contributed by atoms with E-state index in [-0.39, 0.29) is 5.75 Å². The van der Waals surface area contributed by atoms with Gasteiger partial charge < -0.3 is 10.1 Å². The van der Waals surface area contributed by atoms with Crippen molar-refractivity contribution in [1.29, 1.82) is 0 Å². The molecule has 2 aromatic rings. The van der Waals surface area contributed by atoms with E-state index in [0.717, 1.165) is 23.4 Å². The van der Waals surface area contributed by atoms with Gasteiger partial charge in [-0.3, -0.25) is 0 Å². The second-order valence-corrected chi connectivity index (χ2v) is 5.31. The highest BCUT2D eigenvalue weighted by molar-refractivity contribution is 5.62. The van der Waals surface area contributed by atoms with Crippen LogP contribution >= 0.6 is 0 Å². The Labute approximate surface area is 131 Å². The van der Waals surface area contributed by atoms with Crippen LogP contribution in [0.2, 0.25) is 0 Å².